The largest absolute Gasteiger partial charge is 0.508 e. The lowest BCUT2D eigenvalue weighted by Gasteiger charge is -2.08. The average molecular weight is 228 g/mol. The van der Waals surface area contributed by atoms with Gasteiger partial charge in [-0.25, -0.2) is 0 Å². The molecule has 2 N–H and O–H groups in total. The fraction of sp³-hybridized carbons (Fsp3) is 0.214. The predicted molar refractivity (Wildman–Crippen MR) is 68.7 cm³/mol. The van der Waals surface area contributed by atoms with E-state index < -0.39 is 0 Å². The molecule has 0 bridgehead atoms. The predicted octanol–water partition coefficient (Wildman–Crippen LogP) is 2.56. The minimum atomic E-state index is 0.332. The Labute approximate surface area is 101 Å². The van der Waals surface area contributed by atoms with Crippen LogP contribution in [-0.4, -0.2) is 16.6 Å². The molecule has 3 heteroatoms. The number of nitrogens with zero attached hydrogens (tertiary/aromatic N) is 1. The SMILES string of the molecule is CCNCc1cc(-c2cccnc2)ccc1O. The minimum Gasteiger partial charge on any atom is -0.508 e. The van der Waals surface area contributed by atoms with Gasteiger partial charge in [-0.1, -0.05) is 19.1 Å². The number of rotatable bonds is 4. The van der Waals surface area contributed by atoms with Gasteiger partial charge in [0.15, 0.2) is 0 Å². The maximum atomic E-state index is 9.75. The van der Waals surface area contributed by atoms with Crippen LogP contribution in [0, 0.1) is 0 Å². The van der Waals surface area contributed by atoms with E-state index in [9.17, 15) is 5.11 Å². The van der Waals surface area contributed by atoms with Crippen LogP contribution in [-0.2, 0) is 6.54 Å². The van der Waals surface area contributed by atoms with E-state index in [2.05, 4.69) is 10.3 Å². The third-order valence-corrected chi connectivity index (χ3v) is 2.64. The first-order chi connectivity index (χ1) is 8.31. The Bertz CT molecular complexity index is 483. The average Bonchev–Trinajstić information content (AvgIpc) is 2.39. The van der Waals surface area contributed by atoms with E-state index in [0.717, 1.165) is 23.2 Å². The molecule has 0 aliphatic carbocycles. The minimum absolute atomic E-state index is 0.332. The second kappa shape index (κ2) is 5.46. The van der Waals surface area contributed by atoms with E-state index in [1.54, 1.807) is 12.3 Å². The smallest absolute Gasteiger partial charge is 0.120 e. The molecule has 3 nitrogen and oxygen atoms in total. The first-order valence-corrected chi connectivity index (χ1v) is 5.74. The summed E-state index contributed by atoms with van der Waals surface area (Å²) in [6, 6.07) is 9.55. The molecule has 0 atom stereocenters. The lowest BCUT2D eigenvalue weighted by Crippen LogP contribution is -2.11. The van der Waals surface area contributed by atoms with Crippen molar-refractivity contribution in [3.63, 3.8) is 0 Å². The summed E-state index contributed by atoms with van der Waals surface area (Å²) in [7, 11) is 0. The molecule has 17 heavy (non-hydrogen) atoms. The zero-order chi connectivity index (χ0) is 12.1. The van der Waals surface area contributed by atoms with Crippen molar-refractivity contribution in [1.29, 1.82) is 0 Å². The number of benzene rings is 1. The summed E-state index contributed by atoms with van der Waals surface area (Å²) in [4.78, 5) is 4.10. The van der Waals surface area contributed by atoms with Gasteiger partial charge in [0, 0.05) is 30.1 Å². The Morgan fingerprint density at radius 2 is 2.12 bits per heavy atom. The number of phenols is 1. The van der Waals surface area contributed by atoms with Crippen molar-refractivity contribution in [3.05, 3.63) is 48.3 Å². The molecule has 0 unspecified atom stereocenters. The highest BCUT2D eigenvalue weighted by molar-refractivity contribution is 5.64. The molecule has 88 valence electrons. The highest BCUT2D eigenvalue weighted by atomic mass is 16.3. The van der Waals surface area contributed by atoms with Gasteiger partial charge in [0.05, 0.1) is 0 Å². The summed E-state index contributed by atoms with van der Waals surface area (Å²) in [5.41, 5.74) is 3.04. The van der Waals surface area contributed by atoms with Crippen LogP contribution >= 0.6 is 0 Å². The molecule has 2 rings (SSSR count). The summed E-state index contributed by atoms with van der Waals surface area (Å²) in [6.45, 7) is 3.61. The second-order valence-corrected chi connectivity index (χ2v) is 3.87. The zero-order valence-corrected chi connectivity index (χ0v) is 9.85. The van der Waals surface area contributed by atoms with Crippen molar-refractivity contribution < 1.29 is 5.11 Å². The van der Waals surface area contributed by atoms with E-state index in [0.29, 0.717) is 12.3 Å². The molecule has 1 heterocycles. The lowest BCUT2D eigenvalue weighted by molar-refractivity contribution is 0.465. The number of aromatic nitrogens is 1. The third-order valence-electron chi connectivity index (χ3n) is 2.64. The number of hydrogen-bond acceptors (Lipinski definition) is 3. The topological polar surface area (TPSA) is 45.2 Å². The summed E-state index contributed by atoms with van der Waals surface area (Å²) in [5.74, 6) is 0.332. The molecule has 0 amide bonds. The summed E-state index contributed by atoms with van der Waals surface area (Å²) in [6.07, 6.45) is 3.58. The van der Waals surface area contributed by atoms with Gasteiger partial charge in [0.2, 0.25) is 0 Å². The first kappa shape index (κ1) is 11.6. The standard InChI is InChI=1S/C14H16N2O/c1-2-15-10-13-8-11(5-6-14(13)17)12-4-3-7-16-9-12/h3-9,15,17H,2,10H2,1H3. The van der Waals surface area contributed by atoms with E-state index in [-0.39, 0.29) is 0 Å². The quantitative estimate of drug-likeness (QED) is 0.845. The molecular weight excluding hydrogens is 212 g/mol. The van der Waals surface area contributed by atoms with Crippen LogP contribution < -0.4 is 5.32 Å². The molecule has 0 fully saturated rings. The van der Waals surface area contributed by atoms with E-state index in [1.807, 2.05) is 37.4 Å². The molecular formula is C14H16N2O. The molecule has 1 aromatic heterocycles. The third kappa shape index (κ3) is 2.82. The van der Waals surface area contributed by atoms with E-state index in [4.69, 9.17) is 0 Å². The summed E-state index contributed by atoms with van der Waals surface area (Å²) >= 11 is 0. The maximum Gasteiger partial charge on any atom is 0.120 e. The van der Waals surface area contributed by atoms with Gasteiger partial charge in [-0.15, -0.1) is 0 Å². The first-order valence-electron chi connectivity index (χ1n) is 5.74. The van der Waals surface area contributed by atoms with Crippen molar-refractivity contribution in [2.45, 2.75) is 13.5 Å². The zero-order valence-electron chi connectivity index (χ0n) is 9.85. The fourth-order valence-corrected chi connectivity index (χ4v) is 1.70. The highest BCUT2D eigenvalue weighted by Crippen LogP contribution is 2.25. The van der Waals surface area contributed by atoms with Crippen LogP contribution in [0.3, 0.4) is 0 Å². The van der Waals surface area contributed by atoms with Crippen LogP contribution in [0.4, 0.5) is 0 Å². The number of aromatic hydroxyl groups is 1. The van der Waals surface area contributed by atoms with Gasteiger partial charge in [0.1, 0.15) is 5.75 Å². The van der Waals surface area contributed by atoms with Crippen molar-refractivity contribution in [2.24, 2.45) is 0 Å². The van der Waals surface area contributed by atoms with Crippen molar-refractivity contribution in [1.82, 2.24) is 10.3 Å². The van der Waals surface area contributed by atoms with Gasteiger partial charge >= 0.3 is 0 Å². The molecule has 0 saturated carbocycles. The van der Waals surface area contributed by atoms with Gasteiger partial charge in [-0.2, -0.15) is 0 Å². The maximum absolute atomic E-state index is 9.75. The van der Waals surface area contributed by atoms with Crippen molar-refractivity contribution in [3.8, 4) is 16.9 Å². The molecule has 1 aromatic carbocycles. The van der Waals surface area contributed by atoms with Gasteiger partial charge < -0.3 is 10.4 Å². The van der Waals surface area contributed by atoms with Crippen molar-refractivity contribution >= 4 is 0 Å². The van der Waals surface area contributed by atoms with Gasteiger partial charge in [-0.05, 0) is 30.3 Å². The Hall–Kier alpha value is -1.87. The van der Waals surface area contributed by atoms with E-state index >= 15 is 0 Å². The monoisotopic (exact) mass is 228 g/mol. The van der Waals surface area contributed by atoms with Crippen LogP contribution in [0.2, 0.25) is 0 Å². The molecule has 0 aliphatic heterocycles. The van der Waals surface area contributed by atoms with Crippen LogP contribution in [0.5, 0.6) is 5.75 Å². The number of pyridine rings is 1. The van der Waals surface area contributed by atoms with Gasteiger partial charge in [0.25, 0.3) is 0 Å². The Morgan fingerprint density at radius 1 is 1.24 bits per heavy atom. The van der Waals surface area contributed by atoms with Crippen LogP contribution in [0.15, 0.2) is 42.7 Å². The molecule has 2 aromatic rings. The molecule has 0 radical (unpaired) electrons. The fourth-order valence-electron chi connectivity index (χ4n) is 1.70. The van der Waals surface area contributed by atoms with Gasteiger partial charge in [-0.3, -0.25) is 4.98 Å². The highest BCUT2D eigenvalue weighted by Gasteiger charge is 2.04. The lowest BCUT2D eigenvalue weighted by atomic mass is 10.0. The number of hydrogen-bond donors (Lipinski definition) is 2. The summed E-state index contributed by atoms with van der Waals surface area (Å²) < 4.78 is 0. The number of nitrogens with one attached hydrogen (secondary N) is 1. The van der Waals surface area contributed by atoms with Crippen molar-refractivity contribution in [2.75, 3.05) is 6.54 Å². The normalized spacial score (nSPS) is 10.4. The Morgan fingerprint density at radius 3 is 2.82 bits per heavy atom. The van der Waals surface area contributed by atoms with Crippen LogP contribution in [0.1, 0.15) is 12.5 Å². The molecule has 0 aliphatic rings. The van der Waals surface area contributed by atoms with Crippen LogP contribution in [0.25, 0.3) is 11.1 Å². The second-order valence-electron chi connectivity index (χ2n) is 3.87. The Balaban J connectivity index is 2.31. The Kier molecular flexibility index (Phi) is 3.73. The molecule has 0 spiro atoms. The molecule has 0 saturated heterocycles. The summed E-state index contributed by atoms with van der Waals surface area (Å²) in [5, 5.41) is 13.0. The number of phenolic OH excluding ortho intramolecular Hbond substituents is 1. The van der Waals surface area contributed by atoms with E-state index in [1.165, 1.54) is 0 Å².